The first-order chi connectivity index (χ1) is 18.9. The number of carboxylic acid groups (broad SMARTS) is 2. The number of hydrogen-bond donors (Lipinski definition) is 7. The van der Waals surface area contributed by atoms with E-state index in [1.165, 1.54) is 36.4 Å². The quantitative estimate of drug-likeness (QED) is 0.107. The number of urea groups is 1. The van der Waals surface area contributed by atoms with E-state index in [9.17, 15) is 39.0 Å². The fourth-order valence-corrected chi connectivity index (χ4v) is 4.29. The largest absolute Gasteiger partial charge is 0.481 e. The summed E-state index contributed by atoms with van der Waals surface area (Å²) in [5.74, 6) is -5.91. The molecule has 2 aromatic carbocycles. The number of nitrogens with one attached hydrogen (secondary N) is 4. The van der Waals surface area contributed by atoms with E-state index in [0.29, 0.717) is 16.0 Å². The summed E-state index contributed by atoms with van der Waals surface area (Å²) in [4.78, 5) is 75.5. The molecule has 1 unspecified atom stereocenters. The van der Waals surface area contributed by atoms with Crippen molar-refractivity contribution < 1.29 is 39.0 Å². The number of imide groups is 1. The highest BCUT2D eigenvalue weighted by molar-refractivity contribution is 6.09. The number of amidine groups is 1. The Morgan fingerprint density at radius 2 is 1.65 bits per heavy atom. The van der Waals surface area contributed by atoms with Crippen LogP contribution in [0, 0.1) is 5.41 Å². The molecule has 8 N–H and O–H groups in total. The van der Waals surface area contributed by atoms with E-state index < -0.39 is 66.3 Å². The first-order valence-electron chi connectivity index (χ1n) is 12.1. The molecule has 0 bridgehead atoms. The number of nitrogens with zero attached hydrogens (tertiary/aromatic N) is 1. The van der Waals surface area contributed by atoms with E-state index in [-0.39, 0.29) is 17.8 Å². The Hall–Kier alpha value is -5.27. The zero-order valence-corrected chi connectivity index (χ0v) is 21.3. The molecule has 14 nitrogen and oxygen atoms in total. The topological polar surface area (TPSA) is 232 Å². The molecule has 2 aromatic rings. The van der Waals surface area contributed by atoms with Gasteiger partial charge in [-0.3, -0.25) is 29.5 Å². The molecule has 0 radical (unpaired) electrons. The van der Waals surface area contributed by atoms with Crippen molar-refractivity contribution in [1.29, 1.82) is 5.41 Å². The van der Waals surface area contributed by atoms with Crippen LogP contribution in [-0.4, -0.2) is 69.2 Å². The molecule has 3 rings (SSSR count). The summed E-state index contributed by atoms with van der Waals surface area (Å²) in [7, 11) is 0. The van der Waals surface area contributed by atoms with E-state index in [1.807, 2.05) is 0 Å². The average Bonchev–Trinajstić information content (AvgIpc) is 3.16. The number of rotatable bonds is 12. The Balaban J connectivity index is 1.76. The van der Waals surface area contributed by atoms with Gasteiger partial charge < -0.3 is 31.9 Å². The van der Waals surface area contributed by atoms with Crippen molar-refractivity contribution in [2.45, 2.75) is 37.4 Å². The van der Waals surface area contributed by atoms with E-state index in [0.717, 1.165) is 0 Å². The van der Waals surface area contributed by atoms with E-state index >= 15 is 0 Å². The third kappa shape index (κ3) is 6.23. The first-order valence-corrected chi connectivity index (χ1v) is 12.1. The summed E-state index contributed by atoms with van der Waals surface area (Å²) in [5, 5.41) is 33.3. The van der Waals surface area contributed by atoms with E-state index in [1.54, 1.807) is 25.1 Å². The van der Waals surface area contributed by atoms with Crippen LogP contribution in [0.2, 0.25) is 0 Å². The number of carbonyl (C=O) groups excluding carboxylic acids is 4. The number of amides is 5. The fourth-order valence-electron chi connectivity index (χ4n) is 4.29. The first kappa shape index (κ1) is 29.3. The summed E-state index contributed by atoms with van der Waals surface area (Å²) in [5.41, 5.74) is 4.98. The highest BCUT2D eigenvalue weighted by Gasteiger charge is 2.51. The zero-order valence-electron chi connectivity index (χ0n) is 21.3. The van der Waals surface area contributed by atoms with Crippen LogP contribution in [0.15, 0.2) is 54.6 Å². The second-order valence-electron chi connectivity index (χ2n) is 8.98. The van der Waals surface area contributed by atoms with Crippen molar-refractivity contribution in [3.8, 4) is 0 Å². The molecule has 14 heteroatoms. The van der Waals surface area contributed by atoms with Crippen LogP contribution in [0.25, 0.3) is 0 Å². The Morgan fingerprint density at radius 1 is 1.02 bits per heavy atom. The molecule has 1 aliphatic rings. The van der Waals surface area contributed by atoms with Crippen molar-refractivity contribution >= 4 is 41.5 Å². The summed E-state index contributed by atoms with van der Waals surface area (Å²) in [6, 6.07) is 9.64. The van der Waals surface area contributed by atoms with Crippen LogP contribution in [0.1, 0.15) is 42.5 Å². The maximum Gasteiger partial charge on any atom is 0.330 e. The van der Waals surface area contributed by atoms with Gasteiger partial charge in [-0.05, 0) is 17.5 Å². The standard InChI is InChI=1S/C26H28N6O8/c1-2-26(16-10-8-15(9-11-16)21(27)28)24(39)32(25(40)31-26)13-18(33)29-17(12-19(34)35)22(36)30-20(23(37)38)14-6-4-3-5-7-14/h3-11,17,20H,2,12-13H2,1H3,(H3,27,28)(H,29,33)(H,30,36)(H,31,40)(H,34,35)(H,37,38)/t17-,20-,26?/m0/s1. The lowest BCUT2D eigenvalue weighted by Gasteiger charge is -2.26. The number of hydrogen-bond acceptors (Lipinski definition) is 7. The normalized spacial score (nSPS) is 17.9. The summed E-state index contributed by atoms with van der Waals surface area (Å²) >= 11 is 0. The van der Waals surface area contributed by atoms with Crippen LogP contribution in [0.5, 0.6) is 0 Å². The molecule has 210 valence electrons. The lowest BCUT2D eigenvalue weighted by atomic mass is 9.86. The van der Waals surface area contributed by atoms with Gasteiger partial charge >= 0.3 is 18.0 Å². The molecule has 0 saturated carbocycles. The SMILES string of the molecule is CCC1(c2ccc(C(=N)N)cc2)NC(=O)N(CC(=O)N[C@@H](CC(=O)O)C(=O)N[C@H](C(=O)O)c2ccccc2)C1=O. The number of nitrogen functional groups attached to an aromatic ring is 1. The van der Waals surface area contributed by atoms with Gasteiger partial charge in [-0.25, -0.2) is 9.59 Å². The summed E-state index contributed by atoms with van der Waals surface area (Å²) in [6.45, 7) is 0.821. The van der Waals surface area contributed by atoms with Crippen LogP contribution in [-0.2, 0) is 29.5 Å². The minimum absolute atomic E-state index is 0.120. The second-order valence-corrected chi connectivity index (χ2v) is 8.98. The lowest BCUT2D eigenvalue weighted by Crippen LogP contribution is -2.52. The third-order valence-corrected chi connectivity index (χ3v) is 6.39. The smallest absolute Gasteiger partial charge is 0.330 e. The van der Waals surface area contributed by atoms with Gasteiger partial charge in [-0.2, -0.15) is 0 Å². The number of carboxylic acids is 2. The average molecular weight is 553 g/mol. The van der Waals surface area contributed by atoms with Crippen LogP contribution >= 0.6 is 0 Å². The van der Waals surface area contributed by atoms with E-state index in [2.05, 4.69) is 16.0 Å². The number of benzene rings is 2. The molecule has 1 fully saturated rings. The Kier molecular flexibility index (Phi) is 8.83. The molecule has 0 aromatic heterocycles. The highest BCUT2D eigenvalue weighted by Crippen LogP contribution is 2.32. The number of aliphatic carboxylic acids is 2. The van der Waals surface area contributed by atoms with Gasteiger partial charge in [0.2, 0.25) is 11.8 Å². The van der Waals surface area contributed by atoms with Gasteiger partial charge in [-0.1, -0.05) is 61.5 Å². The van der Waals surface area contributed by atoms with Gasteiger partial charge in [0.1, 0.15) is 24.0 Å². The van der Waals surface area contributed by atoms with Crippen molar-refractivity contribution in [2.24, 2.45) is 5.73 Å². The number of nitrogens with two attached hydrogens (primary N) is 1. The molecular weight excluding hydrogens is 524 g/mol. The predicted molar refractivity (Wildman–Crippen MR) is 139 cm³/mol. The van der Waals surface area contributed by atoms with E-state index in [4.69, 9.17) is 11.1 Å². The van der Waals surface area contributed by atoms with Gasteiger partial charge in [0, 0.05) is 5.56 Å². The van der Waals surface area contributed by atoms with Gasteiger partial charge in [0.25, 0.3) is 5.91 Å². The molecule has 0 aliphatic carbocycles. The zero-order chi connectivity index (χ0) is 29.6. The third-order valence-electron chi connectivity index (χ3n) is 6.39. The highest BCUT2D eigenvalue weighted by atomic mass is 16.4. The van der Waals surface area contributed by atoms with Crippen LogP contribution in [0.3, 0.4) is 0 Å². The predicted octanol–water partition coefficient (Wildman–Crippen LogP) is 0.0294. The number of carbonyl (C=O) groups is 6. The van der Waals surface area contributed by atoms with Crippen LogP contribution in [0.4, 0.5) is 4.79 Å². The van der Waals surface area contributed by atoms with Gasteiger partial charge in [-0.15, -0.1) is 0 Å². The minimum Gasteiger partial charge on any atom is -0.481 e. The summed E-state index contributed by atoms with van der Waals surface area (Å²) < 4.78 is 0. The maximum absolute atomic E-state index is 13.4. The molecule has 1 aliphatic heterocycles. The van der Waals surface area contributed by atoms with Crippen molar-refractivity contribution in [1.82, 2.24) is 20.9 Å². The molecule has 3 atom stereocenters. The van der Waals surface area contributed by atoms with Crippen molar-refractivity contribution in [3.63, 3.8) is 0 Å². The lowest BCUT2D eigenvalue weighted by molar-refractivity contribution is -0.144. The Bertz CT molecular complexity index is 1350. The van der Waals surface area contributed by atoms with Crippen LogP contribution < -0.4 is 21.7 Å². The molecule has 1 saturated heterocycles. The molecule has 40 heavy (non-hydrogen) atoms. The molecule has 1 heterocycles. The maximum atomic E-state index is 13.4. The van der Waals surface area contributed by atoms with Crippen molar-refractivity contribution in [2.75, 3.05) is 6.54 Å². The second kappa shape index (κ2) is 12.1. The fraction of sp³-hybridized carbons (Fsp3) is 0.269. The van der Waals surface area contributed by atoms with Crippen molar-refractivity contribution in [3.05, 3.63) is 71.3 Å². The molecular formula is C26H28N6O8. The molecule has 5 amide bonds. The summed E-state index contributed by atoms with van der Waals surface area (Å²) in [6.07, 6.45) is -0.768. The molecule has 0 spiro atoms. The van der Waals surface area contributed by atoms with Gasteiger partial charge in [0.05, 0.1) is 6.42 Å². The minimum atomic E-state index is -1.70. The van der Waals surface area contributed by atoms with Gasteiger partial charge in [0.15, 0.2) is 6.04 Å². The Morgan fingerprint density at radius 3 is 2.17 bits per heavy atom. The monoisotopic (exact) mass is 552 g/mol. The Labute approximate surface area is 228 Å².